The van der Waals surface area contributed by atoms with E-state index in [0.29, 0.717) is 11.1 Å². The molecular formula is C19H16N2O3. The van der Waals surface area contributed by atoms with Crippen molar-refractivity contribution in [1.29, 1.82) is 0 Å². The van der Waals surface area contributed by atoms with E-state index in [1.807, 2.05) is 35.2 Å². The Balaban J connectivity index is 1.77. The number of esters is 1. The predicted octanol–water partition coefficient (Wildman–Crippen LogP) is 2.86. The van der Waals surface area contributed by atoms with Crippen molar-refractivity contribution in [3.8, 4) is 5.69 Å². The lowest BCUT2D eigenvalue weighted by Gasteiger charge is -2.15. The van der Waals surface area contributed by atoms with Gasteiger partial charge < -0.3 is 15.0 Å². The number of ether oxygens (including phenoxy) is 1. The van der Waals surface area contributed by atoms with E-state index in [1.165, 1.54) is 0 Å². The van der Waals surface area contributed by atoms with E-state index in [0.717, 1.165) is 5.69 Å². The zero-order valence-corrected chi connectivity index (χ0v) is 12.8. The molecule has 1 unspecified atom stereocenters. The number of benzene rings is 2. The molecule has 0 saturated heterocycles. The number of hydrogen-bond acceptors (Lipinski definition) is 3. The zero-order chi connectivity index (χ0) is 16.9. The van der Waals surface area contributed by atoms with E-state index in [1.54, 1.807) is 48.5 Å². The molecule has 1 heterocycles. The van der Waals surface area contributed by atoms with Crippen LogP contribution in [0.5, 0.6) is 0 Å². The standard InChI is InChI=1S/C19H16N2O3/c20-18(22)17(14-6-2-1-3-7-14)24-19(23)15-8-10-16(11-9-15)21-12-4-5-13-21/h1-13,17H,(H2,20,22). The molecule has 3 aromatic rings. The second kappa shape index (κ2) is 6.83. The topological polar surface area (TPSA) is 74.3 Å². The molecule has 0 spiro atoms. The van der Waals surface area contributed by atoms with Crippen molar-refractivity contribution in [2.75, 3.05) is 0 Å². The SMILES string of the molecule is NC(=O)C(OC(=O)c1ccc(-n2cccc2)cc1)c1ccccc1. The van der Waals surface area contributed by atoms with Gasteiger partial charge in [0.25, 0.3) is 5.91 Å². The Morgan fingerprint density at radius 2 is 1.50 bits per heavy atom. The number of carbonyl (C=O) groups is 2. The smallest absolute Gasteiger partial charge is 0.339 e. The van der Waals surface area contributed by atoms with Gasteiger partial charge in [-0.05, 0) is 36.4 Å². The fourth-order valence-corrected chi connectivity index (χ4v) is 2.37. The molecule has 24 heavy (non-hydrogen) atoms. The van der Waals surface area contributed by atoms with Crippen molar-refractivity contribution in [3.63, 3.8) is 0 Å². The highest BCUT2D eigenvalue weighted by molar-refractivity contribution is 5.92. The van der Waals surface area contributed by atoms with E-state index >= 15 is 0 Å². The predicted molar refractivity (Wildman–Crippen MR) is 89.6 cm³/mol. The van der Waals surface area contributed by atoms with Gasteiger partial charge in [-0.25, -0.2) is 4.79 Å². The minimum absolute atomic E-state index is 0.355. The molecule has 0 aliphatic rings. The fraction of sp³-hybridized carbons (Fsp3) is 0.0526. The third-order valence-electron chi connectivity index (χ3n) is 3.59. The largest absolute Gasteiger partial charge is 0.444 e. The minimum Gasteiger partial charge on any atom is -0.444 e. The van der Waals surface area contributed by atoms with Crippen LogP contribution in [-0.4, -0.2) is 16.4 Å². The molecule has 2 N–H and O–H groups in total. The summed E-state index contributed by atoms with van der Waals surface area (Å²) >= 11 is 0. The van der Waals surface area contributed by atoms with Crippen molar-refractivity contribution in [3.05, 3.63) is 90.3 Å². The van der Waals surface area contributed by atoms with Gasteiger partial charge in [0.05, 0.1) is 5.56 Å². The number of rotatable bonds is 5. The van der Waals surface area contributed by atoms with Crippen LogP contribution in [0.15, 0.2) is 79.1 Å². The highest BCUT2D eigenvalue weighted by atomic mass is 16.5. The van der Waals surface area contributed by atoms with Gasteiger partial charge in [-0.15, -0.1) is 0 Å². The van der Waals surface area contributed by atoms with E-state index in [-0.39, 0.29) is 0 Å². The highest BCUT2D eigenvalue weighted by Gasteiger charge is 2.23. The normalized spacial score (nSPS) is 11.7. The van der Waals surface area contributed by atoms with Crippen LogP contribution in [0.4, 0.5) is 0 Å². The summed E-state index contributed by atoms with van der Waals surface area (Å²) in [5.74, 6) is -1.31. The monoisotopic (exact) mass is 320 g/mol. The average molecular weight is 320 g/mol. The lowest BCUT2D eigenvalue weighted by atomic mass is 10.1. The molecular weight excluding hydrogens is 304 g/mol. The molecule has 1 atom stereocenters. The summed E-state index contributed by atoms with van der Waals surface area (Å²) in [6, 6.07) is 19.5. The summed E-state index contributed by atoms with van der Waals surface area (Å²) in [5, 5.41) is 0. The second-order valence-corrected chi connectivity index (χ2v) is 5.24. The van der Waals surface area contributed by atoms with Crippen molar-refractivity contribution >= 4 is 11.9 Å². The van der Waals surface area contributed by atoms with Crippen molar-refractivity contribution in [2.24, 2.45) is 5.73 Å². The van der Waals surface area contributed by atoms with E-state index in [4.69, 9.17) is 10.5 Å². The Morgan fingerprint density at radius 1 is 0.875 bits per heavy atom. The van der Waals surface area contributed by atoms with Gasteiger partial charge in [-0.2, -0.15) is 0 Å². The number of carbonyl (C=O) groups excluding carboxylic acids is 2. The second-order valence-electron chi connectivity index (χ2n) is 5.24. The van der Waals surface area contributed by atoms with Crippen molar-refractivity contribution in [2.45, 2.75) is 6.10 Å². The molecule has 0 aliphatic carbocycles. The molecule has 1 aromatic heterocycles. The van der Waals surface area contributed by atoms with Crippen LogP contribution in [0, 0.1) is 0 Å². The number of nitrogens with zero attached hydrogens (tertiary/aromatic N) is 1. The lowest BCUT2D eigenvalue weighted by molar-refractivity contribution is -0.127. The van der Waals surface area contributed by atoms with Crippen LogP contribution in [0.1, 0.15) is 22.0 Å². The van der Waals surface area contributed by atoms with Gasteiger partial charge in [0.2, 0.25) is 6.10 Å². The molecule has 5 nitrogen and oxygen atoms in total. The highest BCUT2D eigenvalue weighted by Crippen LogP contribution is 2.19. The first-order valence-corrected chi connectivity index (χ1v) is 7.44. The van der Waals surface area contributed by atoms with Gasteiger partial charge in [-0.1, -0.05) is 30.3 Å². The molecule has 0 radical (unpaired) electrons. The maximum atomic E-state index is 12.3. The average Bonchev–Trinajstić information content (AvgIpc) is 3.15. The first-order chi connectivity index (χ1) is 11.6. The van der Waals surface area contributed by atoms with E-state index in [9.17, 15) is 9.59 Å². The van der Waals surface area contributed by atoms with Crippen LogP contribution < -0.4 is 5.73 Å². The van der Waals surface area contributed by atoms with Gasteiger partial charge >= 0.3 is 5.97 Å². The molecule has 0 aliphatic heterocycles. The summed E-state index contributed by atoms with van der Waals surface area (Å²) < 4.78 is 7.22. The Kier molecular flexibility index (Phi) is 4.43. The minimum atomic E-state index is -1.11. The van der Waals surface area contributed by atoms with Crippen LogP contribution in [0.3, 0.4) is 0 Å². The van der Waals surface area contributed by atoms with E-state index < -0.39 is 18.0 Å². The summed E-state index contributed by atoms with van der Waals surface area (Å²) in [6.07, 6.45) is 2.71. The Bertz CT molecular complexity index is 825. The first-order valence-electron chi connectivity index (χ1n) is 7.44. The van der Waals surface area contributed by atoms with Crippen LogP contribution in [-0.2, 0) is 9.53 Å². The quantitative estimate of drug-likeness (QED) is 0.735. The summed E-state index contributed by atoms with van der Waals surface area (Å²) in [4.78, 5) is 23.9. The van der Waals surface area contributed by atoms with Crippen molar-refractivity contribution in [1.82, 2.24) is 4.57 Å². The van der Waals surface area contributed by atoms with Gasteiger partial charge in [0, 0.05) is 23.6 Å². The molecule has 1 amide bonds. The number of amides is 1. The maximum absolute atomic E-state index is 12.3. The van der Waals surface area contributed by atoms with Crippen LogP contribution >= 0.6 is 0 Å². The van der Waals surface area contributed by atoms with Gasteiger partial charge in [0.1, 0.15) is 0 Å². The third-order valence-corrected chi connectivity index (χ3v) is 3.59. The summed E-state index contributed by atoms with van der Waals surface area (Å²) in [5.41, 5.74) is 7.18. The fourth-order valence-electron chi connectivity index (χ4n) is 2.37. The molecule has 0 bridgehead atoms. The summed E-state index contributed by atoms with van der Waals surface area (Å²) in [7, 11) is 0. The maximum Gasteiger partial charge on any atom is 0.339 e. The van der Waals surface area contributed by atoms with E-state index in [2.05, 4.69) is 0 Å². The molecule has 0 saturated carbocycles. The lowest BCUT2D eigenvalue weighted by Crippen LogP contribution is -2.26. The third kappa shape index (κ3) is 3.35. The summed E-state index contributed by atoms with van der Waals surface area (Å²) in [6.45, 7) is 0. The number of primary amides is 1. The Morgan fingerprint density at radius 3 is 2.08 bits per heavy atom. The van der Waals surface area contributed by atoms with Gasteiger partial charge in [0.15, 0.2) is 0 Å². The molecule has 120 valence electrons. The molecule has 5 heteroatoms. The van der Waals surface area contributed by atoms with Crippen LogP contribution in [0.25, 0.3) is 5.69 Å². The molecule has 0 fully saturated rings. The Labute approximate surface area is 139 Å². The Hall–Kier alpha value is -3.34. The number of hydrogen-bond donors (Lipinski definition) is 1. The van der Waals surface area contributed by atoms with Crippen LogP contribution in [0.2, 0.25) is 0 Å². The van der Waals surface area contributed by atoms with Crippen molar-refractivity contribution < 1.29 is 14.3 Å². The molecule has 3 rings (SSSR count). The van der Waals surface area contributed by atoms with Gasteiger partial charge in [-0.3, -0.25) is 4.79 Å². The molecule has 2 aromatic carbocycles. The number of nitrogens with two attached hydrogens (primary N) is 1. The zero-order valence-electron chi connectivity index (χ0n) is 12.8. The first kappa shape index (κ1) is 15.6. The number of aromatic nitrogens is 1.